The maximum Gasteiger partial charge on any atom is 0.337 e. The Labute approximate surface area is 105 Å². The highest BCUT2D eigenvalue weighted by molar-refractivity contribution is 5.89. The highest BCUT2D eigenvalue weighted by Crippen LogP contribution is 2.32. The number of aliphatic hydroxyl groups excluding tert-OH is 1. The zero-order valence-corrected chi connectivity index (χ0v) is 10.3. The molecule has 0 unspecified atom stereocenters. The Morgan fingerprint density at radius 3 is 2.78 bits per heavy atom. The molecule has 0 aromatic heterocycles. The van der Waals surface area contributed by atoms with Crippen LogP contribution in [0.2, 0.25) is 0 Å². The molecule has 1 amide bonds. The third kappa shape index (κ3) is 2.22. The van der Waals surface area contributed by atoms with Gasteiger partial charge in [0.25, 0.3) is 0 Å². The summed E-state index contributed by atoms with van der Waals surface area (Å²) in [6.45, 7) is 1.41. The average molecular weight is 249 g/mol. The second-order valence-electron chi connectivity index (χ2n) is 4.36. The third-order valence-electron chi connectivity index (χ3n) is 3.10. The van der Waals surface area contributed by atoms with Crippen molar-refractivity contribution in [1.29, 1.82) is 0 Å². The van der Waals surface area contributed by atoms with Crippen molar-refractivity contribution >= 4 is 11.9 Å². The summed E-state index contributed by atoms with van der Waals surface area (Å²) in [5, 5.41) is 12.8. The number of carbonyl (C=O) groups excluding carboxylic acids is 2. The fourth-order valence-corrected chi connectivity index (χ4v) is 2.26. The third-order valence-corrected chi connectivity index (χ3v) is 3.10. The largest absolute Gasteiger partial charge is 0.465 e. The first kappa shape index (κ1) is 12.6. The standard InChI is InChI=1S/C13H15NO4/c1-7(15)14-11-6-8-3-4-9(13(17)18-2)5-10(8)12(11)16/h3-5,11-12,16H,6H2,1-2H3,(H,14,15)/t11-,12-/m1/s1. The molecule has 0 spiro atoms. The van der Waals surface area contributed by atoms with Gasteiger partial charge in [0.15, 0.2) is 0 Å². The lowest BCUT2D eigenvalue weighted by molar-refractivity contribution is -0.120. The number of amides is 1. The lowest BCUT2D eigenvalue weighted by Gasteiger charge is -2.15. The van der Waals surface area contributed by atoms with Crippen LogP contribution in [0.3, 0.4) is 0 Å². The number of rotatable bonds is 2. The van der Waals surface area contributed by atoms with Gasteiger partial charge in [0.2, 0.25) is 5.91 Å². The minimum absolute atomic E-state index is 0.181. The van der Waals surface area contributed by atoms with Gasteiger partial charge < -0.3 is 15.2 Å². The molecule has 1 aliphatic rings. The van der Waals surface area contributed by atoms with Crippen LogP contribution in [0.4, 0.5) is 0 Å². The molecule has 18 heavy (non-hydrogen) atoms. The second-order valence-corrected chi connectivity index (χ2v) is 4.36. The van der Waals surface area contributed by atoms with Crippen LogP contribution < -0.4 is 5.32 Å². The summed E-state index contributed by atoms with van der Waals surface area (Å²) in [6, 6.07) is 4.73. The molecular weight excluding hydrogens is 234 g/mol. The minimum Gasteiger partial charge on any atom is -0.465 e. The zero-order valence-electron chi connectivity index (χ0n) is 10.3. The van der Waals surface area contributed by atoms with Crippen molar-refractivity contribution in [2.24, 2.45) is 0 Å². The van der Waals surface area contributed by atoms with Gasteiger partial charge in [0.05, 0.1) is 24.8 Å². The Hall–Kier alpha value is -1.88. The molecular formula is C13H15NO4. The van der Waals surface area contributed by atoms with Crippen LogP contribution in [0.5, 0.6) is 0 Å². The van der Waals surface area contributed by atoms with E-state index < -0.39 is 12.1 Å². The summed E-state index contributed by atoms with van der Waals surface area (Å²) in [4.78, 5) is 22.4. The molecule has 2 atom stereocenters. The van der Waals surface area contributed by atoms with Crippen LogP contribution in [0, 0.1) is 0 Å². The van der Waals surface area contributed by atoms with E-state index in [0.29, 0.717) is 17.5 Å². The lowest BCUT2D eigenvalue weighted by atomic mass is 10.1. The van der Waals surface area contributed by atoms with E-state index in [9.17, 15) is 14.7 Å². The molecule has 0 bridgehead atoms. The van der Waals surface area contributed by atoms with Crippen molar-refractivity contribution < 1.29 is 19.4 Å². The normalized spacial score (nSPS) is 21.3. The molecule has 5 nitrogen and oxygen atoms in total. The summed E-state index contributed by atoms with van der Waals surface area (Å²) in [6.07, 6.45) is -0.217. The van der Waals surface area contributed by atoms with Crippen LogP contribution in [0.15, 0.2) is 18.2 Å². The summed E-state index contributed by atoms with van der Waals surface area (Å²) >= 11 is 0. The van der Waals surface area contributed by atoms with E-state index in [1.54, 1.807) is 18.2 Å². The number of carbonyl (C=O) groups is 2. The van der Waals surface area contributed by atoms with Crippen LogP contribution >= 0.6 is 0 Å². The molecule has 0 radical (unpaired) electrons. The number of hydrogen-bond donors (Lipinski definition) is 2. The van der Waals surface area contributed by atoms with Gasteiger partial charge in [0, 0.05) is 6.92 Å². The summed E-state index contributed by atoms with van der Waals surface area (Å²) in [7, 11) is 1.31. The van der Waals surface area contributed by atoms with Gasteiger partial charge in [-0.15, -0.1) is 0 Å². The monoisotopic (exact) mass is 249 g/mol. The number of methoxy groups -OCH3 is 1. The first-order valence-electron chi connectivity index (χ1n) is 5.69. The smallest absolute Gasteiger partial charge is 0.337 e. The van der Waals surface area contributed by atoms with Gasteiger partial charge in [-0.3, -0.25) is 4.79 Å². The average Bonchev–Trinajstić information content (AvgIpc) is 2.64. The Morgan fingerprint density at radius 2 is 2.17 bits per heavy atom. The van der Waals surface area contributed by atoms with Crippen molar-refractivity contribution in [3.63, 3.8) is 0 Å². The highest BCUT2D eigenvalue weighted by atomic mass is 16.5. The van der Waals surface area contributed by atoms with Crippen LogP contribution in [-0.2, 0) is 16.0 Å². The van der Waals surface area contributed by atoms with Crippen molar-refractivity contribution in [2.45, 2.75) is 25.5 Å². The summed E-state index contributed by atoms with van der Waals surface area (Å²) in [5.41, 5.74) is 2.02. The number of hydrogen-bond acceptors (Lipinski definition) is 4. The molecule has 1 aliphatic carbocycles. The van der Waals surface area contributed by atoms with Gasteiger partial charge >= 0.3 is 5.97 Å². The number of ether oxygens (including phenoxy) is 1. The van der Waals surface area contributed by atoms with Gasteiger partial charge in [-0.25, -0.2) is 4.79 Å². The van der Waals surface area contributed by atoms with Gasteiger partial charge in [-0.05, 0) is 29.7 Å². The quantitative estimate of drug-likeness (QED) is 0.751. The van der Waals surface area contributed by atoms with E-state index in [0.717, 1.165) is 5.56 Å². The maximum absolute atomic E-state index is 11.4. The van der Waals surface area contributed by atoms with E-state index in [1.807, 2.05) is 0 Å². The molecule has 0 aliphatic heterocycles. The first-order chi connectivity index (χ1) is 8.52. The predicted molar refractivity (Wildman–Crippen MR) is 64.1 cm³/mol. The van der Waals surface area contributed by atoms with Crippen molar-refractivity contribution in [1.82, 2.24) is 5.32 Å². The number of esters is 1. The van der Waals surface area contributed by atoms with Gasteiger partial charge in [-0.2, -0.15) is 0 Å². The van der Waals surface area contributed by atoms with Crippen LogP contribution in [-0.4, -0.2) is 30.1 Å². The molecule has 0 heterocycles. The van der Waals surface area contributed by atoms with E-state index in [1.165, 1.54) is 14.0 Å². The Morgan fingerprint density at radius 1 is 1.44 bits per heavy atom. The Balaban J connectivity index is 2.27. The van der Waals surface area contributed by atoms with Crippen LogP contribution in [0.25, 0.3) is 0 Å². The Kier molecular flexibility index (Phi) is 3.34. The van der Waals surface area contributed by atoms with Crippen molar-refractivity contribution in [3.05, 3.63) is 34.9 Å². The topological polar surface area (TPSA) is 75.6 Å². The second kappa shape index (κ2) is 4.78. The lowest BCUT2D eigenvalue weighted by Crippen LogP contribution is -2.36. The Bertz CT molecular complexity index is 498. The van der Waals surface area contributed by atoms with E-state index in [-0.39, 0.29) is 11.9 Å². The molecule has 5 heteroatoms. The molecule has 2 rings (SSSR count). The fourth-order valence-electron chi connectivity index (χ4n) is 2.26. The van der Waals surface area contributed by atoms with Gasteiger partial charge in [0.1, 0.15) is 0 Å². The highest BCUT2D eigenvalue weighted by Gasteiger charge is 2.32. The van der Waals surface area contributed by atoms with E-state index in [4.69, 9.17) is 0 Å². The number of aliphatic hydroxyl groups is 1. The van der Waals surface area contributed by atoms with E-state index >= 15 is 0 Å². The molecule has 1 aromatic rings. The van der Waals surface area contributed by atoms with E-state index in [2.05, 4.69) is 10.1 Å². The first-order valence-corrected chi connectivity index (χ1v) is 5.69. The molecule has 0 saturated heterocycles. The molecule has 0 fully saturated rings. The fraction of sp³-hybridized carbons (Fsp3) is 0.385. The maximum atomic E-state index is 11.4. The molecule has 96 valence electrons. The SMILES string of the molecule is COC(=O)c1ccc2c(c1)[C@@H](O)[C@H](NC(C)=O)C2. The zero-order chi connectivity index (χ0) is 13.3. The predicted octanol–water partition coefficient (Wildman–Crippen LogP) is 0.567. The minimum atomic E-state index is -0.784. The van der Waals surface area contributed by atoms with Crippen LogP contribution in [0.1, 0.15) is 34.5 Å². The summed E-state index contributed by atoms with van der Waals surface area (Å²) < 4.78 is 4.63. The number of fused-ring (bicyclic) bond motifs is 1. The van der Waals surface area contributed by atoms with Gasteiger partial charge in [-0.1, -0.05) is 6.07 Å². The van der Waals surface area contributed by atoms with Crippen molar-refractivity contribution in [3.8, 4) is 0 Å². The number of benzene rings is 1. The van der Waals surface area contributed by atoms with Crippen molar-refractivity contribution in [2.75, 3.05) is 7.11 Å². The number of nitrogens with one attached hydrogen (secondary N) is 1. The molecule has 2 N–H and O–H groups in total. The summed E-state index contributed by atoms with van der Waals surface area (Å²) in [5.74, 6) is -0.618. The molecule has 1 aromatic carbocycles. The molecule has 0 saturated carbocycles.